The lowest BCUT2D eigenvalue weighted by molar-refractivity contribution is -0.384. The number of ether oxygens (including phenoxy) is 1. The van der Waals surface area contributed by atoms with Crippen molar-refractivity contribution in [2.75, 3.05) is 12.9 Å². The quantitative estimate of drug-likeness (QED) is 0.0869. The third-order valence-corrected chi connectivity index (χ3v) is 9.12. The molecule has 0 fully saturated rings. The molecule has 0 amide bonds. The van der Waals surface area contributed by atoms with Crippen molar-refractivity contribution in [1.82, 2.24) is 4.57 Å². The van der Waals surface area contributed by atoms with Gasteiger partial charge in [-0.25, -0.2) is 9.79 Å². The number of nitro groups is 1. The summed E-state index contributed by atoms with van der Waals surface area (Å²) in [4.78, 5) is 44.8. The number of thioether (sulfide) groups is 1. The van der Waals surface area contributed by atoms with Gasteiger partial charge in [0.05, 0.1) is 33.4 Å². The maximum absolute atomic E-state index is 14.1. The van der Waals surface area contributed by atoms with Crippen molar-refractivity contribution >= 4 is 46.5 Å². The van der Waals surface area contributed by atoms with Crippen molar-refractivity contribution in [3.8, 4) is 11.3 Å². The number of aromatic nitrogens is 1. The zero-order valence-electron chi connectivity index (χ0n) is 24.6. The van der Waals surface area contributed by atoms with Gasteiger partial charge in [0.1, 0.15) is 11.5 Å². The normalized spacial score (nSPS) is 14.6. The third-order valence-electron chi connectivity index (χ3n) is 7.39. The number of nitrogens with zero attached hydrogens (tertiary/aromatic N) is 3. The Morgan fingerprint density at radius 1 is 1.11 bits per heavy atom. The van der Waals surface area contributed by atoms with Crippen LogP contribution in [-0.4, -0.2) is 28.3 Å². The summed E-state index contributed by atoms with van der Waals surface area (Å²) >= 11 is 2.80. The van der Waals surface area contributed by atoms with E-state index < -0.39 is 16.9 Å². The average molecular weight is 638 g/mol. The van der Waals surface area contributed by atoms with Crippen molar-refractivity contribution in [1.29, 1.82) is 0 Å². The number of hydrogen-bond acceptors (Lipinski definition) is 9. The standard InChI is InChI=1S/C34H27N3O6S2/c1-4-42-33(39)29-30(21-8-6-5-7-9-21)35-34-36(31(29)22-10-14-25(44-3)15-11-22)32(38)28(45-34)19-24-13-17-27(43-24)26-16-12-23(37(40)41)18-20(26)2/h5-19,31H,4H2,1-3H3/b28-19-/t31-/m1/s1. The zero-order valence-corrected chi connectivity index (χ0v) is 26.2. The second kappa shape index (κ2) is 12.5. The highest BCUT2D eigenvalue weighted by atomic mass is 32.2. The molecule has 0 saturated carbocycles. The van der Waals surface area contributed by atoms with Gasteiger partial charge < -0.3 is 9.15 Å². The van der Waals surface area contributed by atoms with Crippen LogP contribution in [0.5, 0.6) is 0 Å². The van der Waals surface area contributed by atoms with Crippen molar-refractivity contribution in [2.45, 2.75) is 24.8 Å². The van der Waals surface area contributed by atoms with E-state index in [0.717, 1.165) is 16.0 Å². The maximum atomic E-state index is 14.1. The van der Waals surface area contributed by atoms with E-state index in [9.17, 15) is 19.7 Å². The van der Waals surface area contributed by atoms with Crippen LogP contribution in [0.1, 0.15) is 35.4 Å². The van der Waals surface area contributed by atoms with E-state index in [1.165, 1.54) is 23.5 Å². The molecule has 11 heteroatoms. The molecule has 9 nitrogen and oxygen atoms in total. The van der Waals surface area contributed by atoms with Crippen LogP contribution in [0.4, 0.5) is 5.69 Å². The van der Waals surface area contributed by atoms with Crippen LogP contribution in [-0.2, 0) is 9.53 Å². The van der Waals surface area contributed by atoms with Crippen LogP contribution < -0.4 is 14.9 Å². The molecular weight excluding hydrogens is 611 g/mol. The number of esters is 1. The smallest absolute Gasteiger partial charge is 0.338 e. The largest absolute Gasteiger partial charge is 0.463 e. The Morgan fingerprint density at radius 2 is 1.87 bits per heavy atom. The Balaban J connectivity index is 1.52. The number of thiazole rings is 1. The van der Waals surface area contributed by atoms with E-state index >= 15 is 0 Å². The minimum Gasteiger partial charge on any atom is -0.463 e. The fraction of sp³-hybridized carbons (Fsp3) is 0.147. The Bertz CT molecular complexity index is 2140. The first-order chi connectivity index (χ1) is 21.8. The molecule has 0 spiro atoms. The van der Waals surface area contributed by atoms with Gasteiger partial charge in [-0.3, -0.25) is 19.5 Å². The number of nitro benzene ring substituents is 1. The monoisotopic (exact) mass is 637 g/mol. The van der Waals surface area contributed by atoms with E-state index in [1.807, 2.05) is 60.9 Å². The lowest BCUT2D eigenvalue weighted by atomic mass is 9.93. The Morgan fingerprint density at radius 3 is 2.53 bits per heavy atom. The molecule has 1 aliphatic heterocycles. The van der Waals surface area contributed by atoms with Gasteiger partial charge in [0.15, 0.2) is 4.80 Å². The Kier molecular flexibility index (Phi) is 8.38. The number of fused-ring (bicyclic) bond motifs is 1. The lowest BCUT2D eigenvalue weighted by Gasteiger charge is -2.26. The number of non-ortho nitro benzene ring substituents is 1. The van der Waals surface area contributed by atoms with Crippen molar-refractivity contribution in [3.05, 3.63) is 143 Å². The Labute approximate surface area is 266 Å². The molecule has 3 aromatic carbocycles. The predicted octanol–water partition coefficient (Wildman–Crippen LogP) is 6.13. The van der Waals surface area contributed by atoms with Crippen LogP contribution in [0.2, 0.25) is 0 Å². The second-order valence-electron chi connectivity index (χ2n) is 10.2. The highest BCUT2D eigenvalue weighted by Gasteiger charge is 2.35. The van der Waals surface area contributed by atoms with Crippen molar-refractivity contribution in [2.24, 2.45) is 4.99 Å². The number of carbonyl (C=O) groups is 1. The fourth-order valence-electron chi connectivity index (χ4n) is 5.28. The molecule has 226 valence electrons. The second-order valence-corrected chi connectivity index (χ2v) is 12.1. The summed E-state index contributed by atoms with van der Waals surface area (Å²) in [5.74, 6) is 0.411. The molecule has 1 atom stereocenters. The number of carbonyl (C=O) groups excluding carboxylic acids is 1. The first-order valence-corrected chi connectivity index (χ1v) is 16.1. The first kappa shape index (κ1) is 30.0. The SMILES string of the molecule is CCOC(=O)C1=C(c2ccccc2)N=c2s/c(=C\c3ccc(-c4ccc([N+](=O)[O-])cc4C)o3)c(=O)n2[C@@H]1c1ccc(SC)cc1. The zero-order chi connectivity index (χ0) is 31.7. The molecule has 5 aromatic rings. The molecule has 0 N–H and O–H groups in total. The van der Waals surface area contributed by atoms with Gasteiger partial charge in [0.25, 0.3) is 11.2 Å². The molecule has 0 radical (unpaired) electrons. The molecule has 0 aliphatic carbocycles. The van der Waals surface area contributed by atoms with E-state index in [1.54, 1.807) is 54.5 Å². The molecule has 2 aromatic heterocycles. The fourth-order valence-corrected chi connectivity index (χ4v) is 6.67. The van der Waals surface area contributed by atoms with Gasteiger partial charge >= 0.3 is 5.97 Å². The molecular formula is C34H27N3O6S2. The summed E-state index contributed by atoms with van der Waals surface area (Å²) in [5, 5.41) is 11.2. The number of benzene rings is 3. The van der Waals surface area contributed by atoms with Gasteiger partial charge in [0, 0.05) is 34.2 Å². The van der Waals surface area contributed by atoms with E-state index in [-0.39, 0.29) is 23.4 Å². The van der Waals surface area contributed by atoms with Crippen molar-refractivity contribution in [3.63, 3.8) is 0 Å². The molecule has 0 unspecified atom stereocenters. The highest BCUT2D eigenvalue weighted by molar-refractivity contribution is 7.98. The number of furan rings is 1. The van der Waals surface area contributed by atoms with Gasteiger partial charge in [-0.15, -0.1) is 11.8 Å². The summed E-state index contributed by atoms with van der Waals surface area (Å²) in [5.41, 5.74) is 3.30. The molecule has 6 rings (SSSR count). The summed E-state index contributed by atoms with van der Waals surface area (Å²) in [7, 11) is 0. The summed E-state index contributed by atoms with van der Waals surface area (Å²) in [6.07, 6.45) is 3.64. The summed E-state index contributed by atoms with van der Waals surface area (Å²) in [6.45, 7) is 3.69. The van der Waals surface area contributed by atoms with Crippen LogP contribution in [0, 0.1) is 17.0 Å². The van der Waals surface area contributed by atoms with Crippen LogP contribution in [0.3, 0.4) is 0 Å². The number of rotatable bonds is 8. The third kappa shape index (κ3) is 5.79. The first-order valence-electron chi connectivity index (χ1n) is 14.1. The number of aryl methyl sites for hydroxylation is 1. The summed E-state index contributed by atoms with van der Waals surface area (Å²) < 4.78 is 13.5. The van der Waals surface area contributed by atoms with Crippen LogP contribution in [0.25, 0.3) is 23.1 Å². The van der Waals surface area contributed by atoms with Gasteiger partial charge in [-0.1, -0.05) is 53.8 Å². The topological polar surface area (TPSA) is 117 Å². The summed E-state index contributed by atoms with van der Waals surface area (Å²) in [6, 6.07) is 24.5. The number of hydrogen-bond donors (Lipinski definition) is 0. The van der Waals surface area contributed by atoms with E-state index in [2.05, 4.69) is 0 Å². The van der Waals surface area contributed by atoms with E-state index in [4.69, 9.17) is 14.1 Å². The van der Waals surface area contributed by atoms with Gasteiger partial charge in [-0.05, 0) is 61.6 Å². The van der Waals surface area contributed by atoms with Gasteiger partial charge in [0.2, 0.25) is 0 Å². The maximum Gasteiger partial charge on any atom is 0.338 e. The average Bonchev–Trinajstić information content (AvgIpc) is 3.64. The highest BCUT2D eigenvalue weighted by Crippen LogP contribution is 2.36. The molecule has 1 aliphatic rings. The lowest BCUT2D eigenvalue weighted by Crippen LogP contribution is -2.40. The van der Waals surface area contributed by atoms with Crippen LogP contribution >= 0.6 is 23.1 Å². The molecule has 0 saturated heterocycles. The Hall–Kier alpha value is -5.00. The minimum absolute atomic E-state index is 0.00107. The predicted molar refractivity (Wildman–Crippen MR) is 175 cm³/mol. The van der Waals surface area contributed by atoms with Crippen LogP contribution in [0.15, 0.2) is 110 Å². The minimum atomic E-state index is -0.775. The molecule has 3 heterocycles. The molecule has 0 bridgehead atoms. The molecule has 45 heavy (non-hydrogen) atoms. The van der Waals surface area contributed by atoms with Gasteiger partial charge in [-0.2, -0.15) is 0 Å². The van der Waals surface area contributed by atoms with Crippen molar-refractivity contribution < 1.29 is 18.9 Å². The van der Waals surface area contributed by atoms with E-state index in [0.29, 0.717) is 37.7 Å².